The van der Waals surface area contributed by atoms with Gasteiger partial charge < -0.3 is 5.32 Å². The van der Waals surface area contributed by atoms with Crippen LogP contribution in [0.1, 0.15) is 66.7 Å². The molecule has 1 fully saturated rings. The van der Waals surface area contributed by atoms with Crippen molar-refractivity contribution in [3.8, 4) is 0 Å². The largest absolute Gasteiger partial charge is 0.312 e. The van der Waals surface area contributed by atoms with Crippen molar-refractivity contribution in [1.29, 1.82) is 0 Å². The highest BCUT2D eigenvalue weighted by molar-refractivity contribution is 4.88. The molecule has 0 aromatic carbocycles. The van der Waals surface area contributed by atoms with Crippen LogP contribution in [0.3, 0.4) is 0 Å². The van der Waals surface area contributed by atoms with Crippen LogP contribution in [0.4, 0.5) is 0 Å². The molecule has 114 valence electrons. The van der Waals surface area contributed by atoms with E-state index in [2.05, 4.69) is 44.8 Å². The van der Waals surface area contributed by atoms with Crippen molar-refractivity contribution in [2.24, 2.45) is 11.8 Å². The molecule has 1 aliphatic carbocycles. The maximum Gasteiger partial charge on any atom is 0.0249 e. The van der Waals surface area contributed by atoms with Gasteiger partial charge in [-0.2, -0.15) is 0 Å². The second-order valence-corrected chi connectivity index (χ2v) is 7.15. The second-order valence-electron chi connectivity index (χ2n) is 7.15. The first-order chi connectivity index (χ1) is 9.04. The zero-order chi connectivity index (χ0) is 14.3. The molecule has 0 radical (unpaired) electrons. The van der Waals surface area contributed by atoms with Crippen LogP contribution in [0.2, 0.25) is 0 Å². The lowest BCUT2D eigenvalue weighted by atomic mass is 9.88. The lowest BCUT2D eigenvalue weighted by molar-refractivity contribution is 0.0967. The topological polar surface area (TPSA) is 15.3 Å². The summed E-state index contributed by atoms with van der Waals surface area (Å²) in [5.74, 6) is 1.54. The lowest BCUT2D eigenvalue weighted by Gasteiger charge is -2.42. The Hall–Kier alpha value is -0.0800. The van der Waals surface area contributed by atoms with Crippen LogP contribution >= 0.6 is 0 Å². The number of hydrogen-bond donors (Lipinski definition) is 1. The Morgan fingerprint density at radius 3 is 2.11 bits per heavy atom. The molecular weight excluding hydrogens is 232 g/mol. The van der Waals surface area contributed by atoms with Crippen LogP contribution in [0.5, 0.6) is 0 Å². The molecule has 2 heteroatoms. The van der Waals surface area contributed by atoms with E-state index in [-0.39, 0.29) is 0 Å². The van der Waals surface area contributed by atoms with Crippen molar-refractivity contribution >= 4 is 0 Å². The van der Waals surface area contributed by atoms with Crippen molar-refractivity contribution in [2.75, 3.05) is 19.6 Å². The van der Waals surface area contributed by atoms with Gasteiger partial charge in [0.25, 0.3) is 0 Å². The number of nitrogens with one attached hydrogen (secondary N) is 1. The van der Waals surface area contributed by atoms with E-state index in [0.29, 0.717) is 0 Å². The van der Waals surface area contributed by atoms with Crippen LogP contribution in [0.15, 0.2) is 0 Å². The number of nitrogens with zero attached hydrogens (tertiary/aromatic N) is 1. The quantitative estimate of drug-likeness (QED) is 0.718. The van der Waals surface area contributed by atoms with Gasteiger partial charge in [0, 0.05) is 25.2 Å². The highest BCUT2D eigenvalue weighted by Gasteiger charge is 2.30. The summed E-state index contributed by atoms with van der Waals surface area (Å²) in [6.07, 6.45) is 6.84. The molecule has 0 bridgehead atoms. The van der Waals surface area contributed by atoms with E-state index < -0.39 is 0 Å². The summed E-state index contributed by atoms with van der Waals surface area (Å²) in [7, 11) is 0. The average molecular weight is 268 g/mol. The van der Waals surface area contributed by atoms with Crippen LogP contribution < -0.4 is 5.32 Å². The van der Waals surface area contributed by atoms with Crippen molar-refractivity contribution < 1.29 is 0 Å². The Morgan fingerprint density at radius 2 is 1.58 bits per heavy atom. The van der Waals surface area contributed by atoms with Gasteiger partial charge in [0.2, 0.25) is 0 Å². The maximum atomic E-state index is 3.81. The molecule has 2 nitrogen and oxygen atoms in total. The van der Waals surface area contributed by atoms with Crippen molar-refractivity contribution in [3.63, 3.8) is 0 Å². The Balaban J connectivity index is 2.65. The van der Waals surface area contributed by atoms with E-state index in [0.717, 1.165) is 23.9 Å². The van der Waals surface area contributed by atoms with Gasteiger partial charge in [0.05, 0.1) is 0 Å². The van der Waals surface area contributed by atoms with Crippen molar-refractivity contribution in [2.45, 2.75) is 78.8 Å². The van der Waals surface area contributed by atoms with Gasteiger partial charge in [-0.15, -0.1) is 0 Å². The summed E-state index contributed by atoms with van der Waals surface area (Å²) in [6, 6.07) is 1.50. The molecule has 1 saturated carbocycles. The third-order valence-electron chi connectivity index (χ3n) is 4.05. The Kier molecular flexibility index (Phi) is 8.01. The molecule has 0 spiro atoms. The first kappa shape index (κ1) is 17.0. The fourth-order valence-electron chi connectivity index (χ4n) is 3.40. The highest BCUT2D eigenvalue weighted by Crippen LogP contribution is 2.25. The van der Waals surface area contributed by atoms with Crippen LogP contribution in [-0.2, 0) is 0 Å². The van der Waals surface area contributed by atoms with E-state index in [1.54, 1.807) is 0 Å². The molecule has 19 heavy (non-hydrogen) atoms. The minimum atomic E-state index is 0.728. The summed E-state index contributed by atoms with van der Waals surface area (Å²) in [5, 5.41) is 3.81. The zero-order valence-electron chi connectivity index (χ0n) is 13.9. The highest BCUT2D eigenvalue weighted by atomic mass is 15.2. The number of hydrogen-bond acceptors (Lipinski definition) is 2. The van der Waals surface area contributed by atoms with Gasteiger partial charge in [0.1, 0.15) is 0 Å². The normalized spacial score (nSPS) is 24.6. The summed E-state index contributed by atoms with van der Waals surface area (Å²) in [5.41, 5.74) is 0. The summed E-state index contributed by atoms with van der Waals surface area (Å²) in [6.45, 7) is 15.4. The van der Waals surface area contributed by atoms with Gasteiger partial charge in [-0.1, -0.05) is 47.5 Å². The van der Waals surface area contributed by atoms with Crippen LogP contribution in [0, 0.1) is 11.8 Å². The standard InChI is InChI=1S/C17H36N2/c1-6-11-18-16-9-7-8-10-17(16)19(12-14(2)3)13-15(4)5/h14-18H,6-13H2,1-5H3. The molecule has 2 unspecified atom stereocenters. The van der Waals surface area contributed by atoms with E-state index in [1.165, 1.54) is 51.7 Å². The monoisotopic (exact) mass is 268 g/mol. The minimum absolute atomic E-state index is 0.728. The van der Waals surface area contributed by atoms with Gasteiger partial charge >= 0.3 is 0 Å². The first-order valence-electron chi connectivity index (χ1n) is 8.52. The molecule has 1 aliphatic rings. The van der Waals surface area contributed by atoms with Gasteiger partial charge in [-0.3, -0.25) is 4.90 Å². The Morgan fingerprint density at radius 1 is 1.00 bits per heavy atom. The Labute approximate surface area is 121 Å². The first-order valence-corrected chi connectivity index (χ1v) is 8.52. The molecule has 2 atom stereocenters. The summed E-state index contributed by atoms with van der Waals surface area (Å²) < 4.78 is 0. The third-order valence-corrected chi connectivity index (χ3v) is 4.05. The molecule has 0 aromatic heterocycles. The molecule has 1 rings (SSSR count). The zero-order valence-corrected chi connectivity index (χ0v) is 13.9. The SMILES string of the molecule is CCCNC1CCCCC1N(CC(C)C)CC(C)C. The van der Waals surface area contributed by atoms with E-state index in [4.69, 9.17) is 0 Å². The third kappa shape index (κ3) is 6.27. The van der Waals surface area contributed by atoms with Crippen molar-refractivity contribution in [1.82, 2.24) is 10.2 Å². The van der Waals surface area contributed by atoms with Gasteiger partial charge in [-0.25, -0.2) is 0 Å². The molecule has 0 aliphatic heterocycles. The smallest absolute Gasteiger partial charge is 0.0249 e. The maximum absolute atomic E-state index is 3.81. The lowest BCUT2D eigenvalue weighted by Crippen LogP contribution is -2.53. The van der Waals surface area contributed by atoms with E-state index in [1.807, 2.05) is 0 Å². The summed E-state index contributed by atoms with van der Waals surface area (Å²) >= 11 is 0. The van der Waals surface area contributed by atoms with Crippen molar-refractivity contribution in [3.05, 3.63) is 0 Å². The average Bonchev–Trinajstić information content (AvgIpc) is 2.35. The predicted molar refractivity (Wildman–Crippen MR) is 85.6 cm³/mol. The minimum Gasteiger partial charge on any atom is -0.312 e. The molecule has 1 N–H and O–H groups in total. The number of rotatable bonds is 8. The molecule has 0 saturated heterocycles. The predicted octanol–water partition coefficient (Wildman–Crippen LogP) is 3.91. The molecule has 0 aromatic rings. The molecular formula is C17H36N2. The van der Waals surface area contributed by atoms with Gasteiger partial charge in [0.15, 0.2) is 0 Å². The van der Waals surface area contributed by atoms with Gasteiger partial charge in [-0.05, 0) is 37.6 Å². The van der Waals surface area contributed by atoms with E-state index in [9.17, 15) is 0 Å². The second kappa shape index (κ2) is 8.97. The van der Waals surface area contributed by atoms with Crippen LogP contribution in [-0.4, -0.2) is 36.6 Å². The molecule has 0 heterocycles. The van der Waals surface area contributed by atoms with Crippen LogP contribution in [0.25, 0.3) is 0 Å². The molecule has 0 amide bonds. The Bertz CT molecular complexity index is 215. The summed E-state index contributed by atoms with van der Waals surface area (Å²) in [4.78, 5) is 2.78. The fourth-order valence-corrected chi connectivity index (χ4v) is 3.40. The fraction of sp³-hybridized carbons (Fsp3) is 1.00. The van der Waals surface area contributed by atoms with E-state index >= 15 is 0 Å².